The number of fused-ring (bicyclic) bond motifs is 1. The summed E-state index contributed by atoms with van der Waals surface area (Å²) in [7, 11) is 1.46. The molecule has 3 aromatic rings. The lowest BCUT2D eigenvalue weighted by Gasteiger charge is -2.46. The van der Waals surface area contributed by atoms with Gasteiger partial charge in [-0.15, -0.1) is 11.8 Å². The minimum absolute atomic E-state index is 0.0685. The Bertz CT molecular complexity index is 1130. The monoisotopic (exact) mass is 458 g/mol. The first kappa shape index (κ1) is 22.4. The molecular formula is C25H21F3O3S. The fourth-order valence-electron chi connectivity index (χ4n) is 4.16. The summed E-state index contributed by atoms with van der Waals surface area (Å²) in [6.45, 7) is 1.78. The van der Waals surface area contributed by atoms with E-state index in [-0.39, 0.29) is 11.1 Å². The predicted molar refractivity (Wildman–Crippen MR) is 117 cm³/mol. The Labute approximate surface area is 188 Å². The van der Waals surface area contributed by atoms with Gasteiger partial charge in [-0.3, -0.25) is 4.79 Å². The highest BCUT2D eigenvalue weighted by Gasteiger charge is 2.67. The van der Waals surface area contributed by atoms with Crippen molar-refractivity contribution in [3.63, 3.8) is 0 Å². The van der Waals surface area contributed by atoms with Gasteiger partial charge in [-0.05, 0) is 48.4 Å². The zero-order chi connectivity index (χ0) is 23.1. The van der Waals surface area contributed by atoms with Crippen molar-refractivity contribution in [1.29, 1.82) is 0 Å². The predicted octanol–water partition coefficient (Wildman–Crippen LogP) is 6.10. The summed E-state index contributed by atoms with van der Waals surface area (Å²) >= 11 is 0.582. The fourth-order valence-corrected chi connectivity index (χ4v) is 5.69. The molecule has 3 aromatic carbocycles. The number of benzene rings is 3. The molecule has 0 bridgehead atoms. The summed E-state index contributed by atoms with van der Waals surface area (Å²) in [5.74, 6) is -2.08. The molecule has 0 radical (unpaired) electrons. The summed E-state index contributed by atoms with van der Waals surface area (Å²) in [4.78, 5) is 13.9. The molecule has 3 nitrogen and oxygen atoms in total. The van der Waals surface area contributed by atoms with Crippen LogP contribution in [0.15, 0.2) is 77.7 Å². The second kappa shape index (κ2) is 8.30. The van der Waals surface area contributed by atoms with Crippen molar-refractivity contribution in [3.8, 4) is 5.75 Å². The Morgan fingerprint density at radius 3 is 2.22 bits per heavy atom. The number of carbonyl (C=O) groups excluding carboxylic acids is 1. The molecule has 0 aromatic heterocycles. The van der Waals surface area contributed by atoms with Crippen molar-refractivity contribution in [2.75, 3.05) is 7.11 Å². The normalized spacial score (nSPS) is 22.8. The Morgan fingerprint density at radius 1 is 1.00 bits per heavy atom. The zero-order valence-corrected chi connectivity index (χ0v) is 18.2. The summed E-state index contributed by atoms with van der Waals surface area (Å²) in [6.07, 6.45) is -6.46. The molecule has 7 heteroatoms. The molecule has 1 aliphatic heterocycles. The number of rotatable bonds is 4. The highest BCUT2D eigenvalue weighted by Crippen LogP contribution is 2.64. The quantitative estimate of drug-likeness (QED) is 0.480. The van der Waals surface area contributed by atoms with Crippen molar-refractivity contribution in [2.24, 2.45) is 5.92 Å². The number of hydrogen-bond acceptors (Lipinski definition) is 4. The molecule has 4 rings (SSSR count). The topological polar surface area (TPSA) is 46.5 Å². The number of aliphatic hydroxyl groups is 1. The van der Waals surface area contributed by atoms with Crippen LogP contribution in [0.3, 0.4) is 0 Å². The van der Waals surface area contributed by atoms with Crippen molar-refractivity contribution < 1.29 is 27.8 Å². The lowest BCUT2D eigenvalue weighted by Crippen LogP contribution is -2.53. The van der Waals surface area contributed by atoms with Crippen LogP contribution < -0.4 is 4.74 Å². The zero-order valence-electron chi connectivity index (χ0n) is 17.4. The average Bonchev–Trinajstić information content (AvgIpc) is 2.78. The summed E-state index contributed by atoms with van der Waals surface area (Å²) in [5, 5.41) is 11.2. The van der Waals surface area contributed by atoms with Gasteiger partial charge in [0.1, 0.15) is 5.75 Å². The number of aryl methyl sites for hydroxylation is 1. The van der Waals surface area contributed by atoms with E-state index >= 15 is 0 Å². The smallest absolute Gasteiger partial charge is 0.408 e. The maximum atomic E-state index is 15.0. The molecule has 1 heterocycles. The van der Waals surface area contributed by atoms with Crippen LogP contribution in [0.5, 0.6) is 5.75 Å². The highest BCUT2D eigenvalue weighted by atomic mass is 32.2. The largest absolute Gasteiger partial charge is 0.497 e. The van der Waals surface area contributed by atoms with Crippen molar-refractivity contribution in [3.05, 3.63) is 95.1 Å². The standard InChI is InChI=1S/C25H21F3O3S/c1-15-7-11-17(12-8-15)24(25(26,27)28)21(22(29)16-9-13-18(31-2)14-10-16)23(30)19-5-3-4-6-20(19)32-24/h3-14,21,23,30H,1-2H3/t21-,23+,24-/m1/s1. The number of carbonyl (C=O) groups is 1. The van der Waals surface area contributed by atoms with E-state index in [1.54, 1.807) is 43.3 Å². The first-order valence-electron chi connectivity index (χ1n) is 9.97. The van der Waals surface area contributed by atoms with E-state index in [0.717, 1.165) is 5.56 Å². The van der Waals surface area contributed by atoms with Crippen LogP contribution in [0.25, 0.3) is 0 Å². The van der Waals surface area contributed by atoms with Crippen molar-refractivity contribution in [1.82, 2.24) is 0 Å². The number of ketones is 1. The van der Waals surface area contributed by atoms with Gasteiger partial charge in [0, 0.05) is 10.5 Å². The Kier molecular flexibility index (Phi) is 5.81. The molecule has 0 saturated carbocycles. The van der Waals surface area contributed by atoms with Gasteiger partial charge >= 0.3 is 6.18 Å². The van der Waals surface area contributed by atoms with E-state index < -0.39 is 28.7 Å². The number of hydrogen-bond donors (Lipinski definition) is 1. The number of halogens is 3. The number of Topliss-reactive ketones (excluding diaryl/α,β-unsaturated/α-hetero) is 1. The van der Waals surface area contributed by atoms with E-state index in [4.69, 9.17) is 4.74 Å². The van der Waals surface area contributed by atoms with Gasteiger partial charge in [0.05, 0.1) is 19.1 Å². The second-order valence-corrected chi connectivity index (χ2v) is 9.04. The summed E-state index contributed by atoms with van der Waals surface area (Å²) in [6, 6.07) is 18.2. The van der Waals surface area contributed by atoms with Crippen LogP contribution in [0.2, 0.25) is 0 Å². The summed E-state index contributed by atoms with van der Waals surface area (Å²) < 4.78 is 47.4. The number of thioether (sulfide) groups is 1. The molecule has 1 N–H and O–H groups in total. The lowest BCUT2D eigenvalue weighted by atomic mass is 9.74. The van der Waals surface area contributed by atoms with E-state index in [2.05, 4.69) is 0 Å². The minimum Gasteiger partial charge on any atom is -0.497 e. The molecule has 1 aliphatic rings. The molecule has 3 atom stereocenters. The average molecular weight is 459 g/mol. The number of aliphatic hydroxyl groups excluding tert-OH is 1. The first-order valence-corrected chi connectivity index (χ1v) is 10.8. The highest BCUT2D eigenvalue weighted by molar-refractivity contribution is 8.00. The third-order valence-corrected chi connectivity index (χ3v) is 7.46. The van der Waals surface area contributed by atoms with Gasteiger partial charge in [-0.25, -0.2) is 0 Å². The molecule has 0 spiro atoms. The van der Waals surface area contributed by atoms with E-state index in [1.807, 2.05) is 0 Å². The van der Waals surface area contributed by atoms with Gasteiger partial charge < -0.3 is 9.84 Å². The van der Waals surface area contributed by atoms with Crippen LogP contribution in [-0.2, 0) is 4.75 Å². The minimum atomic E-state index is -4.83. The Hall–Kier alpha value is -2.77. The van der Waals surface area contributed by atoms with E-state index in [9.17, 15) is 23.1 Å². The van der Waals surface area contributed by atoms with Gasteiger partial charge in [-0.1, -0.05) is 48.0 Å². The molecule has 0 saturated heterocycles. The number of ether oxygens (including phenoxy) is 1. The van der Waals surface area contributed by atoms with Crippen LogP contribution in [0, 0.1) is 12.8 Å². The third-order valence-electron chi connectivity index (χ3n) is 5.82. The Morgan fingerprint density at radius 2 is 1.62 bits per heavy atom. The lowest BCUT2D eigenvalue weighted by molar-refractivity contribution is -0.180. The van der Waals surface area contributed by atoms with Crippen LogP contribution in [0.1, 0.15) is 33.2 Å². The molecule has 0 fully saturated rings. The van der Waals surface area contributed by atoms with Gasteiger partial charge in [0.2, 0.25) is 0 Å². The van der Waals surface area contributed by atoms with Crippen LogP contribution >= 0.6 is 11.8 Å². The molecule has 166 valence electrons. The maximum absolute atomic E-state index is 15.0. The van der Waals surface area contributed by atoms with Gasteiger partial charge in [0.15, 0.2) is 10.5 Å². The first-order chi connectivity index (χ1) is 15.2. The van der Waals surface area contributed by atoms with Crippen molar-refractivity contribution in [2.45, 2.75) is 28.8 Å². The van der Waals surface area contributed by atoms with Crippen LogP contribution in [0.4, 0.5) is 13.2 Å². The molecule has 32 heavy (non-hydrogen) atoms. The maximum Gasteiger partial charge on any atom is 0.408 e. The molecule has 0 aliphatic carbocycles. The van der Waals surface area contributed by atoms with Crippen LogP contribution in [-0.4, -0.2) is 24.2 Å². The van der Waals surface area contributed by atoms with Gasteiger partial charge in [0.25, 0.3) is 0 Å². The van der Waals surface area contributed by atoms with Crippen molar-refractivity contribution >= 4 is 17.5 Å². The van der Waals surface area contributed by atoms with E-state index in [0.29, 0.717) is 28.0 Å². The number of alkyl halides is 3. The SMILES string of the molecule is COc1ccc(C(=O)[C@@H]2[C@@H](O)c3ccccc3S[C@@]2(c2ccc(C)cc2)C(F)(F)F)cc1. The third kappa shape index (κ3) is 3.59. The number of methoxy groups -OCH3 is 1. The second-order valence-electron chi connectivity index (χ2n) is 7.75. The summed E-state index contributed by atoms with van der Waals surface area (Å²) in [5.41, 5.74) is 1.12. The molecule has 0 amide bonds. The Balaban J connectivity index is 1.97. The molecular weight excluding hydrogens is 437 g/mol. The fraction of sp³-hybridized carbons (Fsp3) is 0.240. The van der Waals surface area contributed by atoms with E-state index in [1.165, 1.54) is 43.5 Å². The molecule has 0 unspecified atom stereocenters. The van der Waals surface area contributed by atoms with Gasteiger partial charge in [-0.2, -0.15) is 13.2 Å².